The molecule has 0 fully saturated rings. The number of halogens is 1. The second-order valence-corrected chi connectivity index (χ2v) is 12.1. The summed E-state index contributed by atoms with van der Waals surface area (Å²) in [4.78, 5) is 12.2. The number of carbonyl (C=O) groups excluding carboxylic acids is 1. The fraction of sp³-hybridized carbons (Fsp3) is 0.667. The Morgan fingerprint density at radius 3 is 1.07 bits per heavy atom. The first-order chi connectivity index (χ1) is 26.8. The average Bonchev–Trinajstić information content (AvgIpc) is 3.52. The topological polar surface area (TPSA) is 140 Å². The zero-order valence-corrected chi connectivity index (χ0v) is 32.3. The van der Waals surface area contributed by atoms with Gasteiger partial charge in [-0.05, 0) is 22.3 Å². The Bertz CT molecular complexity index is 1150. The molecule has 2 aromatic carbocycles. The molecule has 0 saturated heterocycles. The van der Waals surface area contributed by atoms with Crippen LogP contribution in [0.5, 0.6) is 0 Å². The van der Waals surface area contributed by atoms with Gasteiger partial charge in [0.2, 0.25) is 0 Å². The van der Waals surface area contributed by atoms with Gasteiger partial charge in [-0.15, -0.1) is 11.6 Å². The maximum absolute atomic E-state index is 12.2. The summed E-state index contributed by atoms with van der Waals surface area (Å²) in [6.45, 7) is 11.4. The van der Waals surface area contributed by atoms with Gasteiger partial charge < -0.3 is 62.2 Å². The van der Waals surface area contributed by atoms with E-state index in [-0.39, 0.29) is 12.5 Å². The van der Waals surface area contributed by atoms with Gasteiger partial charge in [0.05, 0.1) is 145 Å². The van der Waals surface area contributed by atoms with Crippen molar-refractivity contribution in [3.63, 3.8) is 0 Å². The Labute approximate surface area is 325 Å². The van der Waals surface area contributed by atoms with E-state index >= 15 is 0 Å². The molecule has 1 aliphatic rings. The highest BCUT2D eigenvalue weighted by Gasteiger charge is 2.28. The monoisotopic (exact) mass is 785 g/mol. The van der Waals surface area contributed by atoms with Crippen LogP contribution in [0, 0.1) is 0 Å². The second kappa shape index (κ2) is 32.8. The third-order valence-electron chi connectivity index (χ3n) is 7.80. The van der Waals surface area contributed by atoms with Crippen molar-refractivity contribution in [2.24, 2.45) is 0 Å². The van der Waals surface area contributed by atoms with Crippen LogP contribution in [0.3, 0.4) is 0 Å². The van der Waals surface area contributed by atoms with Gasteiger partial charge in [0.25, 0.3) is 0 Å². The summed E-state index contributed by atoms with van der Waals surface area (Å²) >= 11 is 5.52. The summed E-state index contributed by atoms with van der Waals surface area (Å²) in [5, 5.41) is 2.74. The van der Waals surface area contributed by atoms with E-state index in [1.165, 1.54) is 22.3 Å². The summed E-state index contributed by atoms with van der Waals surface area (Å²) in [6.07, 6.45) is -0.453. The molecule has 0 spiro atoms. The number of hydrogen-bond acceptors (Lipinski definition) is 13. The third kappa shape index (κ3) is 21.6. The Morgan fingerprint density at radius 1 is 0.444 bits per heavy atom. The van der Waals surface area contributed by atoms with E-state index < -0.39 is 6.09 Å². The maximum Gasteiger partial charge on any atom is 0.407 e. The number of carbonyl (C=O) groups is 1. The van der Waals surface area contributed by atoms with Crippen LogP contribution in [0.2, 0.25) is 0 Å². The van der Waals surface area contributed by atoms with E-state index in [4.69, 9.17) is 68.4 Å². The predicted octanol–water partition coefficient (Wildman–Crippen LogP) is 3.95. The van der Waals surface area contributed by atoms with Gasteiger partial charge >= 0.3 is 6.09 Å². The second-order valence-electron chi connectivity index (χ2n) is 11.7. The minimum absolute atomic E-state index is 0.0361. The highest BCUT2D eigenvalue weighted by molar-refractivity contribution is 6.17. The van der Waals surface area contributed by atoms with Crippen LogP contribution in [-0.4, -0.2) is 170 Å². The molecule has 14 nitrogen and oxygen atoms in total. The van der Waals surface area contributed by atoms with E-state index in [1.807, 2.05) is 24.3 Å². The molecule has 0 aliphatic heterocycles. The zero-order chi connectivity index (χ0) is 38.0. The predicted molar refractivity (Wildman–Crippen MR) is 203 cm³/mol. The largest absolute Gasteiger partial charge is 0.449 e. The summed E-state index contributed by atoms with van der Waals surface area (Å²) in [7, 11) is 0. The first-order valence-corrected chi connectivity index (χ1v) is 19.3. The molecule has 2 aromatic rings. The van der Waals surface area contributed by atoms with Crippen LogP contribution in [-0.2, 0) is 56.8 Å². The van der Waals surface area contributed by atoms with Crippen LogP contribution in [0.4, 0.5) is 4.79 Å². The van der Waals surface area contributed by atoms with E-state index in [2.05, 4.69) is 29.6 Å². The molecule has 0 unspecified atom stereocenters. The molecule has 1 N–H and O–H groups in total. The minimum Gasteiger partial charge on any atom is -0.449 e. The van der Waals surface area contributed by atoms with Crippen molar-refractivity contribution in [3.8, 4) is 11.1 Å². The summed E-state index contributed by atoms with van der Waals surface area (Å²) in [6, 6.07) is 16.5. The number of ether oxygens (including phenoxy) is 12. The SMILES string of the molecule is O=C(NCCOCCOCCOCCOCCOCCOCCOCCOCCOCCOCCOCCCl)OCC1c2ccccc2-c2ccccc21. The molecule has 0 saturated carbocycles. The van der Waals surface area contributed by atoms with Gasteiger partial charge in [-0.1, -0.05) is 48.5 Å². The molecule has 3 rings (SSSR count). The highest BCUT2D eigenvalue weighted by atomic mass is 35.5. The number of rotatable bonds is 37. The quantitative estimate of drug-likeness (QED) is 0.0783. The standard InChI is InChI=1S/C39H60ClNO13/c40-9-11-43-13-15-45-17-19-47-21-23-49-25-27-51-29-31-53-32-30-52-28-26-50-24-22-48-20-18-46-16-14-44-12-10-41-39(42)54-33-38-36-7-3-1-5-34(36)35-6-2-4-8-37(35)38/h1-8,38H,9-33H2,(H,41,42). The zero-order valence-electron chi connectivity index (χ0n) is 31.6. The summed E-state index contributed by atoms with van der Waals surface area (Å²) in [5.41, 5.74) is 4.77. The van der Waals surface area contributed by atoms with Crippen LogP contribution < -0.4 is 5.32 Å². The van der Waals surface area contributed by atoms with Crippen molar-refractivity contribution in [1.29, 1.82) is 0 Å². The average molecular weight is 786 g/mol. The Balaban J connectivity index is 0.947. The number of fused-ring (bicyclic) bond motifs is 3. The number of benzene rings is 2. The third-order valence-corrected chi connectivity index (χ3v) is 7.96. The molecule has 54 heavy (non-hydrogen) atoms. The Hall–Kier alpha value is -2.44. The number of nitrogens with one attached hydrogen (secondary N) is 1. The molecule has 0 radical (unpaired) electrons. The normalized spacial score (nSPS) is 12.2. The van der Waals surface area contributed by atoms with E-state index in [9.17, 15) is 4.79 Å². The van der Waals surface area contributed by atoms with E-state index in [0.29, 0.717) is 158 Å². The molecular weight excluding hydrogens is 726 g/mol. The summed E-state index contributed by atoms with van der Waals surface area (Å²) < 4.78 is 65.5. The van der Waals surface area contributed by atoms with E-state index in [0.717, 1.165) is 0 Å². The molecule has 306 valence electrons. The lowest BCUT2D eigenvalue weighted by molar-refractivity contribution is -0.0273. The lowest BCUT2D eigenvalue weighted by atomic mass is 9.98. The molecule has 1 amide bonds. The van der Waals surface area contributed by atoms with Crippen molar-refractivity contribution in [1.82, 2.24) is 5.32 Å². The van der Waals surface area contributed by atoms with Crippen molar-refractivity contribution in [2.75, 3.05) is 164 Å². The lowest BCUT2D eigenvalue weighted by Gasteiger charge is -2.14. The highest BCUT2D eigenvalue weighted by Crippen LogP contribution is 2.44. The van der Waals surface area contributed by atoms with E-state index in [1.54, 1.807) is 0 Å². The fourth-order valence-corrected chi connectivity index (χ4v) is 5.34. The maximum atomic E-state index is 12.2. The Kier molecular flexibility index (Phi) is 27.9. The molecule has 0 heterocycles. The summed E-state index contributed by atoms with van der Waals surface area (Å²) in [5.74, 6) is 0.529. The molecule has 15 heteroatoms. The molecule has 1 aliphatic carbocycles. The van der Waals surface area contributed by atoms with Crippen LogP contribution >= 0.6 is 11.6 Å². The van der Waals surface area contributed by atoms with Gasteiger partial charge in [-0.2, -0.15) is 0 Å². The van der Waals surface area contributed by atoms with Gasteiger partial charge in [-0.25, -0.2) is 4.79 Å². The van der Waals surface area contributed by atoms with Crippen molar-refractivity contribution < 1.29 is 61.6 Å². The van der Waals surface area contributed by atoms with Crippen LogP contribution in [0.1, 0.15) is 17.0 Å². The van der Waals surface area contributed by atoms with Crippen molar-refractivity contribution in [2.45, 2.75) is 5.92 Å². The number of alkyl carbamates (subject to hydrolysis) is 1. The van der Waals surface area contributed by atoms with Crippen molar-refractivity contribution in [3.05, 3.63) is 59.7 Å². The van der Waals surface area contributed by atoms with Crippen LogP contribution in [0.15, 0.2) is 48.5 Å². The molecule has 0 atom stereocenters. The number of hydrogen-bond donors (Lipinski definition) is 1. The van der Waals surface area contributed by atoms with Gasteiger partial charge in [-0.3, -0.25) is 0 Å². The van der Waals surface area contributed by atoms with Gasteiger partial charge in [0.15, 0.2) is 0 Å². The van der Waals surface area contributed by atoms with Gasteiger partial charge in [0.1, 0.15) is 6.61 Å². The molecule has 0 aromatic heterocycles. The first-order valence-electron chi connectivity index (χ1n) is 18.8. The van der Waals surface area contributed by atoms with Crippen molar-refractivity contribution >= 4 is 17.7 Å². The minimum atomic E-state index is -0.453. The Morgan fingerprint density at radius 2 is 0.741 bits per heavy atom. The lowest BCUT2D eigenvalue weighted by Crippen LogP contribution is -2.29. The molecule has 0 bridgehead atoms. The first kappa shape index (κ1) is 45.9. The smallest absolute Gasteiger partial charge is 0.407 e. The number of amides is 1. The molecular formula is C39H60ClNO13. The fourth-order valence-electron chi connectivity index (χ4n) is 5.23. The van der Waals surface area contributed by atoms with Gasteiger partial charge in [0, 0.05) is 18.3 Å². The number of alkyl halides is 1. The van der Waals surface area contributed by atoms with Crippen LogP contribution in [0.25, 0.3) is 11.1 Å².